The smallest absolute Gasteiger partial charge is 0.328 e. The number of carbonyl (C=O) groups is 3. The normalized spacial score (nSPS) is 14.9. The molecule has 11 heteroatoms. The number of halogens is 1. The third-order valence-electron chi connectivity index (χ3n) is 7.86. The molecular weight excluding hydrogens is 612 g/mol. The Labute approximate surface area is 270 Å². The maximum atomic E-state index is 14.7. The molecule has 4 aromatic rings. The number of hydrogen-bond donors (Lipinski definition) is 2. The van der Waals surface area contributed by atoms with Crippen molar-refractivity contribution < 1.29 is 19.5 Å². The highest BCUT2D eigenvalue weighted by Crippen LogP contribution is 2.32. The zero-order valence-electron chi connectivity index (χ0n) is 25.6. The minimum Gasteiger partial charge on any atom is -0.480 e. The summed E-state index contributed by atoms with van der Waals surface area (Å²) in [6, 6.07) is 13.5. The number of piperazine rings is 1. The average Bonchev–Trinajstić information content (AvgIpc) is 3.50. The fourth-order valence-corrected chi connectivity index (χ4v) is 6.64. The molecule has 0 bridgehead atoms. The number of amides is 2. The third-order valence-corrected chi connectivity index (χ3v) is 8.98. The Morgan fingerprint density at radius 1 is 1.09 bits per heavy atom. The molecular formula is C34H35ClN4O5S. The summed E-state index contributed by atoms with van der Waals surface area (Å²) in [7, 11) is 0. The van der Waals surface area contributed by atoms with Crippen LogP contribution in [0.15, 0.2) is 58.7 Å². The lowest BCUT2D eigenvalue weighted by molar-refractivity contribution is -0.144. The summed E-state index contributed by atoms with van der Waals surface area (Å²) in [5, 5.41) is 15.0. The van der Waals surface area contributed by atoms with Gasteiger partial charge in [-0.1, -0.05) is 69.6 Å². The largest absolute Gasteiger partial charge is 0.480 e. The highest BCUT2D eigenvalue weighted by atomic mass is 35.5. The van der Waals surface area contributed by atoms with Crippen LogP contribution in [0.5, 0.6) is 0 Å². The molecule has 1 fully saturated rings. The first-order chi connectivity index (χ1) is 21.5. The summed E-state index contributed by atoms with van der Waals surface area (Å²) < 4.78 is 1.67. The van der Waals surface area contributed by atoms with Gasteiger partial charge in [0, 0.05) is 21.7 Å². The van der Waals surface area contributed by atoms with Crippen molar-refractivity contribution in [1.82, 2.24) is 19.8 Å². The van der Waals surface area contributed by atoms with Gasteiger partial charge in [-0.05, 0) is 54.5 Å². The van der Waals surface area contributed by atoms with Crippen LogP contribution in [0.2, 0.25) is 5.02 Å². The van der Waals surface area contributed by atoms with Crippen LogP contribution in [0.1, 0.15) is 54.9 Å². The molecule has 45 heavy (non-hydrogen) atoms. The van der Waals surface area contributed by atoms with Crippen molar-refractivity contribution in [2.45, 2.75) is 53.0 Å². The predicted octanol–water partition coefficient (Wildman–Crippen LogP) is 5.63. The van der Waals surface area contributed by atoms with Crippen LogP contribution in [0, 0.1) is 5.92 Å². The molecule has 0 radical (unpaired) electrons. The van der Waals surface area contributed by atoms with Crippen LogP contribution in [0.4, 0.5) is 0 Å². The number of carbonyl (C=O) groups excluding carboxylic acids is 2. The van der Waals surface area contributed by atoms with Crippen molar-refractivity contribution in [3.8, 4) is 27.5 Å². The molecule has 5 rings (SSSR count). The lowest BCUT2D eigenvalue weighted by atomic mass is 9.96. The van der Waals surface area contributed by atoms with Gasteiger partial charge < -0.3 is 15.3 Å². The van der Waals surface area contributed by atoms with Gasteiger partial charge in [-0.2, -0.15) is 0 Å². The van der Waals surface area contributed by atoms with Crippen LogP contribution in [-0.2, 0) is 28.9 Å². The number of carboxylic acid groups (broad SMARTS) is 1. The maximum absolute atomic E-state index is 14.7. The zero-order valence-corrected chi connectivity index (χ0v) is 27.2. The standard InChI is InChI=1S/C34H35ClN4O5S/c1-5-20-8-7-9-21(6-2)30(20)39-28(14-19(3)4)24(32(41)38-16-26(34(43)44)36-29(40)17-38)15-25(33(39)42)31-37-27(18-45-31)22-10-12-23(35)13-11-22/h7-13,15,18-19,26H,5-6,14,16-17H2,1-4H3,(H,36,40)(H,43,44)/t26-/m1/s1. The topological polar surface area (TPSA) is 122 Å². The van der Waals surface area contributed by atoms with E-state index in [2.05, 4.69) is 5.32 Å². The van der Waals surface area contributed by atoms with Crippen molar-refractivity contribution in [2.24, 2.45) is 5.92 Å². The minimum atomic E-state index is -1.23. The highest BCUT2D eigenvalue weighted by Gasteiger charge is 2.35. The molecule has 1 aliphatic heterocycles. The number of aryl methyl sites for hydroxylation is 2. The van der Waals surface area contributed by atoms with E-state index in [-0.39, 0.29) is 35.7 Å². The summed E-state index contributed by atoms with van der Waals surface area (Å²) >= 11 is 7.38. The SMILES string of the molecule is CCc1cccc(CC)c1-n1c(CC(C)C)c(C(=O)N2CC(=O)N[C@@H](C(=O)O)C2)cc(-c2nc(-c3ccc(Cl)cc3)cs2)c1=O. The summed E-state index contributed by atoms with van der Waals surface area (Å²) in [6.45, 7) is 7.59. The van der Waals surface area contributed by atoms with E-state index in [9.17, 15) is 24.3 Å². The van der Waals surface area contributed by atoms with Gasteiger partial charge >= 0.3 is 5.97 Å². The monoisotopic (exact) mass is 646 g/mol. The number of nitrogens with zero attached hydrogens (tertiary/aromatic N) is 3. The molecule has 1 atom stereocenters. The molecule has 2 aromatic heterocycles. The highest BCUT2D eigenvalue weighted by molar-refractivity contribution is 7.13. The minimum absolute atomic E-state index is 0.0692. The lowest BCUT2D eigenvalue weighted by Gasteiger charge is -2.32. The molecule has 234 valence electrons. The lowest BCUT2D eigenvalue weighted by Crippen LogP contribution is -2.58. The first kappa shape index (κ1) is 32.1. The summed E-state index contributed by atoms with van der Waals surface area (Å²) in [6.07, 6.45) is 1.72. The van der Waals surface area contributed by atoms with Crippen LogP contribution in [-0.4, -0.2) is 56.5 Å². The quantitative estimate of drug-likeness (QED) is 0.243. The van der Waals surface area contributed by atoms with Crippen molar-refractivity contribution in [1.29, 1.82) is 0 Å². The maximum Gasteiger partial charge on any atom is 0.328 e. The van der Waals surface area contributed by atoms with Gasteiger partial charge in [0.2, 0.25) is 5.91 Å². The van der Waals surface area contributed by atoms with Crippen LogP contribution < -0.4 is 10.9 Å². The second-order valence-corrected chi connectivity index (χ2v) is 12.8. The molecule has 1 aliphatic rings. The molecule has 2 amide bonds. The first-order valence-electron chi connectivity index (χ1n) is 15.0. The van der Waals surface area contributed by atoms with Gasteiger partial charge in [-0.25, -0.2) is 9.78 Å². The van der Waals surface area contributed by atoms with Crippen molar-refractivity contribution in [3.63, 3.8) is 0 Å². The molecule has 9 nitrogen and oxygen atoms in total. The van der Waals surface area contributed by atoms with Gasteiger partial charge in [0.15, 0.2) is 0 Å². The number of pyridine rings is 1. The second kappa shape index (κ2) is 13.4. The Kier molecular flexibility index (Phi) is 9.55. The summed E-state index contributed by atoms with van der Waals surface area (Å²) in [4.78, 5) is 59.4. The van der Waals surface area contributed by atoms with Crippen molar-refractivity contribution in [3.05, 3.63) is 91.7 Å². The van der Waals surface area contributed by atoms with Crippen LogP contribution >= 0.6 is 22.9 Å². The van der Waals surface area contributed by atoms with E-state index < -0.39 is 23.8 Å². The van der Waals surface area contributed by atoms with E-state index in [1.807, 2.05) is 63.4 Å². The number of aromatic nitrogens is 2. The van der Waals surface area contributed by atoms with Crippen molar-refractivity contribution >= 4 is 40.7 Å². The van der Waals surface area contributed by atoms with Gasteiger partial charge in [-0.3, -0.25) is 19.0 Å². The molecule has 2 aromatic carbocycles. The number of aliphatic carboxylic acids is 1. The molecule has 3 heterocycles. The van der Waals surface area contributed by atoms with E-state index in [0.29, 0.717) is 40.7 Å². The Hall–Kier alpha value is -4.28. The number of rotatable bonds is 9. The molecule has 0 saturated carbocycles. The Morgan fingerprint density at radius 3 is 2.36 bits per heavy atom. The zero-order chi connectivity index (χ0) is 32.4. The van der Waals surface area contributed by atoms with E-state index in [0.717, 1.165) is 22.4 Å². The number of thiazole rings is 1. The van der Waals surface area contributed by atoms with E-state index in [1.165, 1.54) is 16.2 Å². The number of hydrogen-bond acceptors (Lipinski definition) is 6. The number of benzene rings is 2. The molecule has 0 spiro atoms. The van der Waals surface area contributed by atoms with Crippen molar-refractivity contribution in [2.75, 3.05) is 13.1 Å². The third kappa shape index (κ3) is 6.57. The van der Waals surface area contributed by atoms with Gasteiger partial charge in [0.25, 0.3) is 11.5 Å². The first-order valence-corrected chi connectivity index (χ1v) is 16.2. The molecule has 1 saturated heterocycles. The van der Waals surface area contributed by atoms with Gasteiger partial charge in [-0.15, -0.1) is 11.3 Å². The fourth-order valence-electron chi connectivity index (χ4n) is 5.68. The molecule has 2 N–H and O–H groups in total. The average molecular weight is 647 g/mol. The Balaban J connectivity index is 1.79. The van der Waals surface area contributed by atoms with Crippen LogP contribution in [0.3, 0.4) is 0 Å². The number of para-hydroxylation sites is 1. The van der Waals surface area contributed by atoms with Crippen LogP contribution in [0.25, 0.3) is 27.5 Å². The number of carboxylic acids is 1. The molecule has 0 unspecified atom stereocenters. The van der Waals surface area contributed by atoms with Gasteiger partial charge in [0.1, 0.15) is 11.0 Å². The van der Waals surface area contributed by atoms with E-state index in [4.69, 9.17) is 16.6 Å². The summed E-state index contributed by atoms with van der Waals surface area (Å²) in [5.41, 5.74) is 4.88. The fraction of sp³-hybridized carbons (Fsp3) is 0.324. The second-order valence-electron chi connectivity index (χ2n) is 11.5. The Morgan fingerprint density at radius 2 is 1.76 bits per heavy atom. The van der Waals surface area contributed by atoms with Gasteiger partial charge in [0.05, 0.1) is 35.6 Å². The summed E-state index contributed by atoms with van der Waals surface area (Å²) in [5.74, 6) is -2.23. The van der Waals surface area contributed by atoms with E-state index in [1.54, 1.807) is 22.8 Å². The predicted molar refractivity (Wildman–Crippen MR) is 176 cm³/mol. The number of nitrogens with one attached hydrogen (secondary N) is 1. The van der Waals surface area contributed by atoms with E-state index >= 15 is 0 Å². The molecule has 0 aliphatic carbocycles. The Bertz CT molecular complexity index is 1810.